The maximum atomic E-state index is 5.59. The minimum atomic E-state index is 0.269. The van der Waals surface area contributed by atoms with E-state index in [1.807, 2.05) is 6.07 Å². The van der Waals surface area contributed by atoms with Gasteiger partial charge in [0.25, 0.3) is 0 Å². The van der Waals surface area contributed by atoms with Gasteiger partial charge in [-0.3, -0.25) is 0 Å². The van der Waals surface area contributed by atoms with E-state index in [4.69, 9.17) is 4.74 Å². The molecule has 1 fully saturated rings. The molecule has 1 saturated heterocycles. The average molecular weight is 299 g/mol. The summed E-state index contributed by atoms with van der Waals surface area (Å²) in [5, 5.41) is 14.5. The van der Waals surface area contributed by atoms with Gasteiger partial charge in [0.2, 0.25) is 5.95 Å². The molecule has 1 atom stereocenters. The monoisotopic (exact) mass is 299 g/mol. The number of anilines is 3. The topological polar surface area (TPSA) is 72.0 Å². The van der Waals surface area contributed by atoms with Crippen molar-refractivity contribution in [3.8, 4) is 0 Å². The normalized spacial score (nSPS) is 17.5. The summed E-state index contributed by atoms with van der Waals surface area (Å²) in [4.78, 5) is 4.44. The lowest BCUT2D eigenvalue weighted by Gasteiger charge is -2.12. The second-order valence-corrected chi connectivity index (χ2v) is 5.62. The van der Waals surface area contributed by atoms with E-state index in [0.29, 0.717) is 11.8 Å². The van der Waals surface area contributed by atoms with Crippen LogP contribution in [0.3, 0.4) is 0 Å². The highest BCUT2D eigenvalue weighted by Gasteiger charge is 2.15. The number of nitrogens with one attached hydrogen (secondary N) is 2. The van der Waals surface area contributed by atoms with Gasteiger partial charge < -0.3 is 15.4 Å². The second kappa shape index (κ2) is 6.70. The molecular weight excluding hydrogens is 278 g/mol. The maximum absolute atomic E-state index is 5.59. The molecule has 2 aromatic rings. The van der Waals surface area contributed by atoms with Gasteiger partial charge in [-0.1, -0.05) is 17.7 Å². The van der Waals surface area contributed by atoms with Crippen LogP contribution in [-0.4, -0.2) is 34.4 Å². The number of nitrogens with zero attached hydrogens (tertiary/aromatic N) is 3. The molecule has 0 amide bonds. The van der Waals surface area contributed by atoms with Crippen LogP contribution >= 0.6 is 0 Å². The van der Waals surface area contributed by atoms with Crippen LogP contribution in [0.25, 0.3) is 0 Å². The molecule has 22 heavy (non-hydrogen) atoms. The molecule has 1 unspecified atom stereocenters. The van der Waals surface area contributed by atoms with Gasteiger partial charge in [-0.15, -0.1) is 5.10 Å². The summed E-state index contributed by atoms with van der Waals surface area (Å²) in [5.74, 6) is 1.20. The van der Waals surface area contributed by atoms with Crippen LogP contribution < -0.4 is 10.6 Å². The zero-order valence-electron chi connectivity index (χ0n) is 13.0. The molecule has 0 saturated carbocycles. The van der Waals surface area contributed by atoms with E-state index in [1.54, 1.807) is 6.20 Å². The van der Waals surface area contributed by atoms with Crippen molar-refractivity contribution >= 4 is 17.5 Å². The molecular formula is C16H21N5O. The first-order valence-corrected chi connectivity index (χ1v) is 7.60. The Hall–Kier alpha value is -2.21. The van der Waals surface area contributed by atoms with Crippen LogP contribution in [0.5, 0.6) is 0 Å². The molecule has 3 rings (SSSR count). The highest BCUT2D eigenvalue weighted by atomic mass is 16.5. The lowest BCUT2D eigenvalue weighted by molar-refractivity contribution is 0.120. The highest BCUT2D eigenvalue weighted by Crippen LogP contribution is 2.19. The first-order valence-electron chi connectivity index (χ1n) is 7.60. The van der Waals surface area contributed by atoms with Gasteiger partial charge >= 0.3 is 0 Å². The number of rotatable bonds is 5. The van der Waals surface area contributed by atoms with Crippen molar-refractivity contribution in [3.05, 3.63) is 35.5 Å². The van der Waals surface area contributed by atoms with Crippen LogP contribution in [0.2, 0.25) is 0 Å². The Morgan fingerprint density at radius 2 is 2.23 bits per heavy atom. The Morgan fingerprint density at radius 3 is 3.00 bits per heavy atom. The summed E-state index contributed by atoms with van der Waals surface area (Å²) in [7, 11) is 0. The Balaban J connectivity index is 1.65. The van der Waals surface area contributed by atoms with E-state index in [0.717, 1.165) is 37.2 Å². The first kappa shape index (κ1) is 14.7. The van der Waals surface area contributed by atoms with Gasteiger partial charge in [-0.25, -0.2) is 0 Å². The largest absolute Gasteiger partial charge is 0.376 e. The molecule has 0 aliphatic carbocycles. The predicted octanol–water partition coefficient (Wildman–Crippen LogP) is 2.82. The summed E-state index contributed by atoms with van der Waals surface area (Å²) < 4.78 is 5.59. The van der Waals surface area contributed by atoms with Crippen molar-refractivity contribution in [2.24, 2.45) is 0 Å². The van der Waals surface area contributed by atoms with Crippen molar-refractivity contribution in [3.63, 3.8) is 0 Å². The van der Waals surface area contributed by atoms with E-state index >= 15 is 0 Å². The first-order chi connectivity index (χ1) is 10.7. The van der Waals surface area contributed by atoms with Crippen molar-refractivity contribution in [1.82, 2.24) is 15.2 Å². The number of aromatic nitrogens is 3. The summed E-state index contributed by atoms with van der Waals surface area (Å²) in [6, 6.07) is 6.21. The molecule has 1 aromatic carbocycles. The van der Waals surface area contributed by atoms with Crippen LogP contribution in [-0.2, 0) is 4.74 Å². The number of benzene rings is 1. The quantitative estimate of drug-likeness (QED) is 0.884. The summed E-state index contributed by atoms with van der Waals surface area (Å²) in [6.45, 7) is 5.74. The lowest BCUT2D eigenvalue weighted by atomic mass is 10.1. The Morgan fingerprint density at radius 1 is 1.32 bits per heavy atom. The van der Waals surface area contributed by atoms with E-state index in [1.165, 1.54) is 5.56 Å². The lowest BCUT2D eigenvalue weighted by Crippen LogP contribution is -2.19. The van der Waals surface area contributed by atoms with Gasteiger partial charge in [-0.05, 0) is 38.3 Å². The second-order valence-electron chi connectivity index (χ2n) is 5.62. The van der Waals surface area contributed by atoms with E-state index in [-0.39, 0.29) is 6.10 Å². The summed E-state index contributed by atoms with van der Waals surface area (Å²) >= 11 is 0. The fraction of sp³-hybridized carbons (Fsp3) is 0.438. The van der Waals surface area contributed by atoms with Crippen LogP contribution in [0.4, 0.5) is 17.5 Å². The number of aryl methyl sites for hydroxylation is 2. The van der Waals surface area contributed by atoms with Crippen molar-refractivity contribution in [1.29, 1.82) is 0 Å². The van der Waals surface area contributed by atoms with Crippen LogP contribution in [0.1, 0.15) is 24.0 Å². The third-order valence-electron chi connectivity index (χ3n) is 3.72. The number of hydrogen-bond acceptors (Lipinski definition) is 6. The smallest absolute Gasteiger partial charge is 0.249 e. The van der Waals surface area contributed by atoms with Crippen molar-refractivity contribution in [2.75, 3.05) is 23.8 Å². The van der Waals surface area contributed by atoms with Gasteiger partial charge in [0, 0.05) is 18.8 Å². The Bertz CT molecular complexity index is 640. The van der Waals surface area contributed by atoms with Gasteiger partial charge in [-0.2, -0.15) is 10.1 Å². The Kier molecular flexibility index (Phi) is 4.48. The minimum absolute atomic E-state index is 0.269. The molecule has 1 aliphatic heterocycles. The average Bonchev–Trinajstić information content (AvgIpc) is 3.02. The molecule has 116 valence electrons. The van der Waals surface area contributed by atoms with E-state index < -0.39 is 0 Å². The molecule has 2 heterocycles. The van der Waals surface area contributed by atoms with Crippen LogP contribution in [0, 0.1) is 13.8 Å². The van der Waals surface area contributed by atoms with Gasteiger partial charge in [0.05, 0.1) is 12.3 Å². The van der Waals surface area contributed by atoms with Gasteiger partial charge in [0.15, 0.2) is 5.82 Å². The fourth-order valence-electron chi connectivity index (χ4n) is 2.54. The third kappa shape index (κ3) is 3.71. The fourth-order valence-corrected chi connectivity index (χ4v) is 2.54. The molecule has 1 aromatic heterocycles. The highest BCUT2D eigenvalue weighted by molar-refractivity contribution is 5.59. The van der Waals surface area contributed by atoms with Crippen LogP contribution in [0.15, 0.2) is 24.4 Å². The molecule has 0 radical (unpaired) electrons. The maximum Gasteiger partial charge on any atom is 0.249 e. The van der Waals surface area contributed by atoms with Crippen molar-refractivity contribution < 1.29 is 4.74 Å². The zero-order valence-corrected chi connectivity index (χ0v) is 13.0. The number of ether oxygens (including phenoxy) is 1. The minimum Gasteiger partial charge on any atom is -0.376 e. The molecule has 0 spiro atoms. The van der Waals surface area contributed by atoms with Crippen molar-refractivity contribution in [2.45, 2.75) is 32.8 Å². The Labute approximate surface area is 130 Å². The standard InChI is InChI=1S/C16H21N5O/c1-11-5-6-14(12(2)8-11)19-16-20-15(10-18-21-16)17-9-13-4-3-7-22-13/h5-6,8,10,13H,3-4,7,9H2,1-2H3,(H2,17,19,20,21). The predicted molar refractivity (Wildman–Crippen MR) is 86.5 cm³/mol. The molecule has 6 nitrogen and oxygen atoms in total. The molecule has 0 bridgehead atoms. The van der Waals surface area contributed by atoms with E-state index in [2.05, 4.69) is 51.8 Å². The third-order valence-corrected chi connectivity index (χ3v) is 3.72. The molecule has 1 aliphatic rings. The van der Waals surface area contributed by atoms with Gasteiger partial charge in [0.1, 0.15) is 0 Å². The number of hydrogen-bond donors (Lipinski definition) is 2. The molecule has 2 N–H and O–H groups in total. The van der Waals surface area contributed by atoms with E-state index in [9.17, 15) is 0 Å². The zero-order chi connectivity index (χ0) is 15.4. The SMILES string of the molecule is Cc1ccc(Nc2nncc(NCC3CCCO3)n2)c(C)c1. The summed E-state index contributed by atoms with van der Waals surface area (Å²) in [6.07, 6.45) is 4.13. The molecule has 6 heteroatoms. The summed E-state index contributed by atoms with van der Waals surface area (Å²) in [5.41, 5.74) is 3.37.